The molecule has 2 nitrogen and oxygen atoms in total. The number of hydrogen-bond acceptors (Lipinski definition) is 1. The average Bonchev–Trinajstić information content (AvgIpc) is 3.58. The Morgan fingerprint density at radius 1 is 0.447 bits per heavy atom. The predicted octanol–water partition coefficient (Wildman–Crippen LogP) is 12.0. The lowest BCUT2D eigenvalue weighted by Gasteiger charge is -2.20. The van der Waals surface area contributed by atoms with E-state index in [1.54, 1.807) is 0 Å². The van der Waals surface area contributed by atoms with Crippen LogP contribution in [-0.2, 0) is 0 Å². The number of imidazole rings is 1. The van der Waals surface area contributed by atoms with Gasteiger partial charge < -0.3 is 0 Å². The third-order valence-corrected chi connectivity index (χ3v) is 8.88. The topological polar surface area (TPSA) is 17.8 Å². The molecule has 0 aliphatic rings. The number of fused-ring (bicyclic) bond motifs is 3. The summed E-state index contributed by atoms with van der Waals surface area (Å²) in [5, 5.41) is 4.22. The minimum atomic E-state index is -0.401. The highest BCUT2D eigenvalue weighted by atomic mass is 15.1. The van der Waals surface area contributed by atoms with Gasteiger partial charge in [0, 0.05) is 11.3 Å². The van der Waals surface area contributed by atoms with Crippen LogP contribution in [0, 0.1) is 0 Å². The summed E-state index contributed by atoms with van der Waals surface area (Å²) in [7, 11) is 0. The molecule has 9 aromatic rings. The Kier molecular flexibility index (Phi) is 5.35. The number of benzene rings is 8. The molecule has 0 bridgehead atoms. The van der Waals surface area contributed by atoms with Crippen LogP contribution in [-0.4, -0.2) is 9.55 Å². The quantitative estimate of drug-likeness (QED) is 0.179. The Labute approximate surface area is 280 Å². The normalized spacial score (nSPS) is 12.9. The minimum absolute atomic E-state index is 0.188. The molecule has 0 N–H and O–H groups in total. The maximum Gasteiger partial charge on any atom is 0.146 e. The zero-order valence-corrected chi connectivity index (χ0v) is 25.3. The number of rotatable bonds is 5. The highest BCUT2D eigenvalue weighted by Gasteiger charge is 2.22. The molecule has 0 saturated carbocycles. The third-order valence-electron chi connectivity index (χ3n) is 8.88. The van der Waals surface area contributed by atoms with E-state index in [1.807, 2.05) is 66.7 Å². The molecule has 2 heteroatoms. The van der Waals surface area contributed by atoms with Crippen molar-refractivity contribution in [3.05, 3.63) is 182 Å². The van der Waals surface area contributed by atoms with Gasteiger partial charge in [0.15, 0.2) is 0 Å². The van der Waals surface area contributed by atoms with Crippen molar-refractivity contribution in [2.24, 2.45) is 0 Å². The fourth-order valence-electron chi connectivity index (χ4n) is 6.90. The van der Waals surface area contributed by atoms with Gasteiger partial charge in [0.05, 0.1) is 17.9 Å². The largest absolute Gasteiger partial charge is 0.292 e. The van der Waals surface area contributed by atoms with E-state index >= 15 is 0 Å². The van der Waals surface area contributed by atoms with E-state index in [4.69, 9.17) is 11.8 Å². The van der Waals surface area contributed by atoms with Crippen LogP contribution in [0.4, 0.5) is 0 Å². The molecule has 0 amide bonds. The van der Waals surface area contributed by atoms with E-state index in [0.717, 1.165) is 71.9 Å². The van der Waals surface area contributed by atoms with E-state index in [1.165, 1.54) is 0 Å². The van der Waals surface area contributed by atoms with Crippen LogP contribution >= 0.6 is 0 Å². The molecule has 0 radical (unpaired) electrons. The first-order valence-electron chi connectivity index (χ1n) is 18.2. The highest BCUT2D eigenvalue weighted by Crippen LogP contribution is 2.46. The van der Waals surface area contributed by atoms with Gasteiger partial charge in [-0.25, -0.2) is 4.98 Å². The molecule has 220 valence electrons. The fraction of sp³-hybridized carbons (Fsp3) is 0. The molecule has 1 aromatic heterocycles. The highest BCUT2D eigenvalue weighted by molar-refractivity contribution is 6.22. The number of nitrogens with zero attached hydrogens (tertiary/aromatic N) is 2. The van der Waals surface area contributed by atoms with Crippen molar-refractivity contribution in [3.8, 4) is 50.5 Å². The lowest BCUT2D eigenvalue weighted by Crippen LogP contribution is -1.99. The smallest absolute Gasteiger partial charge is 0.146 e. The molecule has 0 aliphatic carbocycles. The Morgan fingerprint density at radius 2 is 1.02 bits per heavy atom. The second-order valence-corrected chi connectivity index (χ2v) is 11.6. The van der Waals surface area contributed by atoms with Crippen molar-refractivity contribution in [1.82, 2.24) is 9.55 Å². The molecule has 0 atom stereocenters. The number of aromatic nitrogens is 2. The minimum Gasteiger partial charge on any atom is -0.292 e. The maximum atomic E-state index is 8.65. The summed E-state index contributed by atoms with van der Waals surface area (Å²) in [6, 6.07) is 50.0. The lowest BCUT2D eigenvalue weighted by molar-refractivity contribution is 1.10. The van der Waals surface area contributed by atoms with Gasteiger partial charge in [0.2, 0.25) is 0 Å². The Hall–Kier alpha value is -6.25. The van der Waals surface area contributed by atoms with Crippen molar-refractivity contribution in [3.63, 3.8) is 0 Å². The SMILES string of the molecule is [2H]c1c([2H])c([2H])c(-c2cccc(-c3c4ccccc4c(-c4ccccc4-c4nc5ccccc5n4-c4ccccc4)c4ccccc34)c2)c([2H])c1[2H]. The zero-order valence-electron chi connectivity index (χ0n) is 30.3. The molecule has 0 fully saturated rings. The van der Waals surface area contributed by atoms with Crippen LogP contribution in [0.3, 0.4) is 0 Å². The average molecular weight is 604 g/mol. The lowest BCUT2D eigenvalue weighted by atomic mass is 9.84. The molecule has 0 unspecified atom stereocenters. The van der Waals surface area contributed by atoms with E-state index < -0.39 is 6.04 Å². The molecular weight excluding hydrogens is 569 g/mol. The van der Waals surface area contributed by atoms with Gasteiger partial charge in [-0.05, 0) is 85.3 Å². The van der Waals surface area contributed by atoms with Crippen LogP contribution in [0.2, 0.25) is 0 Å². The summed E-state index contributed by atoms with van der Waals surface area (Å²) in [6.07, 6.45) is 0. The summed E-state index contributed by atoms with van der Waals surface area (Å²) in [5.41, 5.74) is 8.80. The first-order chi connectivity index (χ1) is 25.4. The monoisotopic (exact) mass is 603 g/mol. The second kappa shape index (κ2) is 11.3. The van der Waals surface area contributed by atoms with Crippen molar-refractivity contribution < 1.29 is 6.85 Å². The van der Waals surface area contributed by atoms with Gasteiger partial charge >= 0.3 is 0 Å². The summed E-state index contributed by atoms with van der Waals surface area (Å²) < 4.78 is 44.2. The van der Waals surface area contributed by atoms with Crippen molar-refractivity contribution >= 4 is 32.6 Å². The summed E-state index contributed by atoms with van der Waals surface area (Å²) in [5.74, 6) is 0.853. The van der Waals surface area contributed by atoms with E-state index in [-0.39, 0.29) is 29.7 Å². The number of hydrogen-bond donors (Lipinski definition) is 0. The van der Waals surface area contributed by atoms with Crippen LogP contribution in [0.1, 0.15) is 6.85 Å². The summed E-state index contributed by atoms with van der Waals surface area (Å²) in [6.45, 7) is 0. The standard InChI is InChI=1S/C45H30N2/c1-3-16-31(17-4-1)32-18-15-19-33(30-32)43-35-22-7-9-24-37(35)44(38-25-10-8-23-36(38)43)39-26-11-12-27-40(39)45-46-41-28-13-14-29-42(41)47(45)34-20-5-2-6-21-34/h1-30H/i1D,3D,4D,16D,17D. The third kappa shape index (κ3) is 4.54. The van der Waals surface area contributed by atoms with E-state index in [9.17, 15) is 0 Å². The Balaban J connectivity index is 1.33. The van der Waals surface area contributed by atoms with Gasteiger partial charge in [-0.15, -0.1) is 0 Å². The molecule has 1 heterocycles. The molecule has 47 heavy (non-hydrogen) atoms. The molecule has 8 aromatic carbocycles. The predicted molar refractivity (Wildman–Crippen MR) is 198 cm³/mol. The summed E-state index contributed by atoms with van der Waals surface area (Å²) in [4.78, 5) is 5.24. The maximum absolute atomic E-state index is 8.65. The van der Waals surface area contributed by atoms with Gasteiger partial charge in [0.1, 0.15) is 5.82 Å². The van der Waals surface area contributed by atoms with Gasteiger partial charge in [0.25, 0.3) is 0 Å². The molecule has 0 saturated heterocycles. The summed E-state index contributed by atoms with van der Waals surface area (Å²) >= 11 is 0. The van der Waals surface area contributed by atoms with Crippen LogP contribution in [0.5, 0.6) is 0 Å². The van der Waals surface area contributed by atoms with Crippen molar-refractivity contribution in [2.45, 2.75) is 0 Å². The van der Waals surface area contributed by atoms with Gasteiger partial charge in [-0.3, -0.25) is 4.57 Å². The number of para-hydroxylation sites is 3. The van der Waals surface area contributed by atoms with Gasteiger partial charge in [-0.1, -0.05) is 152 Å². The van der Waals surface area contributed by atoms with Crippen LogP contribution < -0.4 is 0 Å². The Morgan fingerprint density at radius 3 is 1.74 bits per heavy atom. The van der Waals surface area contributed by atoms with Gasteiger partial charge in [-0.2, -0.15) is 0 Å². The molecule has 0 spiro atoms. The van der Waals surface area contributed by atoms with Crippen LogP contribution in [0.25, 0.3) is 83.0 Å². The van der Waals surface area contributed by atoms with Crippen LogP contribution in [0.15, 0.2) is 182 Å². The van der Waals surface area contributed by atoms with Crippen molar-refractivity contribution in [1.29, 1.82) is 0 Å². The first-order valence-corrected chi connectivity index (χ1v) is 15.7. The second-order valence-electron chi connectivity index (χ2n) is 11.6. The van der Waals surface area contributed by atoms with E-state index in [2.05, 4.69) is 89.5 Å². The zero-order chi connectivity index (χ0) is 35.5. The van der Waals surface area contributed by atoms with E-state index in [0.29, 0.717) is 5.56 Å². The fourth-order valence-corrected chi connectivity index (χ4v) is 6.90. The molecule has 0 aliphatic heterocycles. The molecular formula is C45H30N2. The Bertz CT molecular complexity index is 2770. The van der Waals surface area contributed by atoms with Crippen molar-refractivity contribution in [2.75, 3.05) is 0 Å². The molecule has 9 rings (SSSR count). The first kappa shape index (κ1) is 22.3.